The molecule has 1 aromatic rings. The first kappa shape index (κ1) is 13.9. The second-order valence-corrected chi connectivity index (χ2v) is 6.86. The highest BCUT2D eigenvalue weighted by Crippen LogP contribution is 2.30. The van der Waals surface area contributed by atoms with Gasteiger partial charge >= 0.3 is 0 Å². The number of anilines is 1. The monoisotopic (exact) mass is 278 g/mol. The van der Waals surface area contributed by atoms with E-state index in [1.807, 2.05) is 32.0 Å². The van der Waals surface area contributed by atoms with Gasteiger partial charge in [-0.15, -0.1) is 0 Å². The molecule has 1 atom stereocenters. The fraction of sp³-hybridized carbons (Fsp3) is 0.429. The van der Waals surface area contributed by atoms with Crippen molar-refractivity contribution in [3.05, 3.63) is 29.3 Å². The minimum absolute atomic E-state index is 0.156. The zero-order valence-electron chi connectivity index (χ0n) is 11.2. The second kappa shape index (κ2) is 5.24. The molecule has 0 aromatic heterocycles. The van der Waals surface area contributed by atoms with Gasteiger partial charge < -0.3 is 5.73 Å². The molecule has 2 N–H and O–H groups in total. The summed E-state index contributed by atoms with van der Waals surface area (Å²) in [4.78, 5) is 0. The van der Waals surface area contributed by atoms with E-state index >= 15 is 0 Å². The molecule has 1 aromatic carbocycles. The summed E-state index contributed by atoms with van der Waals surface area (Å²) in [7, 11) is -3.19. The summed E-state index contributed by atoms with van der Waals surface area (Å²) in [5.41, 5.74) is 7.81. The van der Waals surface area contributed by atoms with Crippen molar-refractivity contribution in [1.29, 1.82) is 0 Å². The van der Waals surface area contributed by atoms with E-state index in [4.69, 9.17) is 5.73 Å². The van der Waals surface area contributed by atoms with Gasteiger partial charge in [-0.2, -0.15) is 0 Å². The number of aryl methyl sites for hydroxylation is 1. The molecule has 102 valence electrons. The topological polar surface area (TPSA) is 63.4 Å². The fourth-order valence-corrected chi connectivity index (χ4v) is 4.24. The molecular weight excluding hydrogens is 260 g/mol. The Balaban J connectivity index is 2.44. The highest BCUT2D eigenvalue weighted by molar-refractivity contribution is 7.93. The van der Waals surface area contributed by atoms with Gasteiger partial charge in [-0.1, -0.05) is 24.8 Å². The van der Waals surface area contributed by atoms with Gasteiger partial charge in [0.2, 0.25) is 10.0 Å². The van der Waals surface area contributed by atoms with Crippen molar-refractivity contribution in [2.45, 2.75) is 13.8 Å². The van der Waals surface area contributed by atoms with E-state index in [9.17, 15) is 8.42 Å². The van der Waals surface area contributed by atoms with Crippen LogP contribution in [0.15, 0.2) is 18.2 Å². The number of rotatable bonds is 1. The summed E-state index contributed by atoms with van der Waals surface area (Å²) in [5, 5.41) is 0. The van der Waals surface area contributed by atoms with Gasteiger partial charge in [-0.05, 0) is 30.5 Å². The first-order valence-corrected chi connectivity index (χ1v) is 7.85. The van der Waals surface area contributed by atoms with E-state index < -0.39 is 10.0 Å². The molecule has 4 nitrogen and oxygen atoms in total. The molecule has 0 saturated carbocycles. The fourth-order valence-electron chi connectivity index (χ4n) is 2.26. The number of nitrogens with zero attached hydrogens (tertiary/aromatic N) is 1. The maximum Gasteiger partial charge on any atom is 0.235 e. The van der Waals surface area contributed by atoms with Crippen molar-refractivity contribution in [3.63, 3.8) is 0 Å². The van der Waals surface area contributed by atoms with E-state index in [1.54, 1.807) is 0 Å². The third-order valence-electron chi connectivity index (χ3n) is 3.12. The van der Waals surface area contributed by atoms with Gasteiger partial charge in [-0.3, -0.25) is 4.31 Å². The van der Waals surface area contributed by atoms with E-state index in [0.717, 1.165) is 16.8 Å². The van der Waals surface area contributed by atoms with Crippen LogP contribution >= 0.6 is 0 Å². The molecule has 0 amide bonds. The van der Waals surface area contributed by atoms with Crippen LogP contribution < -0.4 is 10.0 Å². The standard InChI is InChI=1S/C14H18N2O2S/c1-11-9-16(19(17,18)10-11)14-8-13(4-3-7-15)6-5-12(14)2/h5-6,8,11H,7,9-10,15H2,1-2H3. The molecule has 1 fully saturated rings. The van der Waals surface area contributed by atoms with Crippen molar-refractivity contribution < 1.29 is 8.42 Å². The van der Waals surface area contributed by atoms with Gasteiger partial charge in [0.15, 0.2) is 0 Å². The smallest absolute Gasteiger partial charge is 0.235 e. The predicted octanol–water partition coefficient (Wildman–Crippen LogP) is 1.09. The lowest BCUT2D eigenvalue weighted by molar-refractivity contribution is 0.598. The summed E-state index contributed by atoms with van der Waals surface area (Å²) in [6, 6.07) is 5.61. The molecule has 0 radical (unpaired) electrons. The largest absolute Gasteiger partial charge is 0.320 e. The summed E-state index contributed by atoms with van der Waals surface area (Å²) in [5.74, 6) is 6.09. The Hall–Kier alpha value is -1.51. The van der Waals surface area contributed by atoms with Crippen LogP contribution in [0.4, 0.5) is 5.69 Å². The quantitative estimate of drug-likeness (QED) is 0.782. The van der Waals surface area contributed by atoms with Crippen LogP contribution in [-0.2, 0) is 10.0 Å². The molecule has 1 unspecified atom stereocenters. The van der Waals surface area contributed by atoms with Crippen molar-refractivity contribution in [3.8, 4) is 11.8 Å². The summed E-state index contributed by atoms with van der Waals surface area (Å²) >= 11 is 0. The number of sulfonamides is 1. The lowest BCUT2D eigenvalue weighted by Crippen LogP contribution is -2.26. The number of hydrogen-bond donors (Lipinski definition) is 1. The van der Waals surface area contributed by atoms with Crippen LogP contribution in [0.5, 0.6) is 0 Å². The average molecular weight is 278 g/mol. The summed E-state index contributed by atoms with van der Waals surface area (Å²) in [6.45, 7) is 4.69. The Morgan fingerprint density at radius 3 is 2.79 bits per heavy atom. The lowest BCUT2D eigenvalue weighted by Gasteiger charge is -2.19. The minimum Gasteiger partial charge on any atom is -0.320 e. The average Bonchev–Trinajstić information content (AvgIpc) is 2.61. The Morgan fingerprint density at radius 2 is 2.21 bits per heavy atom. The molecule has 19 heavy (non-hydrogen) atoms. The molecular formula is C14H18N2O2S. The molecule has 5 heteroatoms. The first-order chi connectivity index (χ1) is 8.94. The molecule has 1 aliphatic heterocycles. The molecule has 0 aliphatic carbocycles. The molecule has 1 saturated heterocycles. The third kappa shape index (κ3) is 2.91. The zero-order valence-corrected chi connectivity index (χ0v) is 12.0. The first-order valence-electron chi connectivity index (χ1n) is 6.24. The molecule has 0 spiro atoms. The molecule has 1 heterocycles. The van der Waals surface area contributed by atoms with Gasteiger partial charge in [0.05, 0.1) is 18.0 Å². The number of benzene rings is 1. The molecule has 2 rings (SSSR count). The van der Waals surface area contributed by atoms with E-state index in [2.05, 4.69) is 11.8 Å². The van der Waals surface area contributed by atoms with Crippen LogP contribution in [0.3, 0.4) is 0 Å². The minimum atomic E-state index is -3.19. The highest BCUT2D eigenvalue weighted by Gasteiger charge is 2.34. The highest BCUT2D eigenvalue weighted by atomic mass is 32.2. The Bertz CT molecular complexity index is 641. The van der Waals surface area contributed by atoms with Crippen LogP contribution in [0.25, 0.3) is 0 Å². The normalized spacial score (nSPS) is 21.0. The predicted molar refractivity (Wildman–Crippen MR) is 77.4 cm³/mol. The van der Waals surface area contributed by atoms with Crippen molar-refractivity contribution >= 4 is 15.7 Å². The summed E-state index contributed by atoms with van der Waals surface area (Å²) in [6.07, 6.45) is 0. The van der Waals surface area contributed by atoms with Crippen molar-refractivity contribution in [2.75, 3.05) is 23.1 Å². The number of nitrogens with two attached hydrogens (primary N) is 1. The SMILES string of the molecule is Cc1ccc(C#CCN)cc1N1CC(C)CS1(=O)=O. The van der Waals surface area contributed by atoms with Gasteiger partial charge in [-0.25, -0.2) is 8.42 Å². The third-order valence-corrected chi connectivity index (χ3v) is 5.13. The molecule has 0 bridgehead atoms. The van der Waals surface area contributed by atoms with E-state index in [1.165, 1.54) is 4.31 Å². The number of hydrogen-bond acceptors (Lipinski definition) is 3. The van der Waals surface area contributed by atoms with Crippen LogP contribution in [-0.4, -0.2) is 27.3 Å². The van der Waals surface area contributed by atoms with Crippen molar-refractivity contribution in [1.82, 2.24) is 0 Å². The van der Waals surface area contributed by atoms with Gasteiger partial charge in [0.25, 0.3) is 0 Å². The van der Waals surface area contributed by atoms with Crippen LogP contribution in [0.2, 0.25) is 0 Å². The maximum atomic E-state index is 12.1. The van der Waals surface area contributed by atoms with Crippen LogP contribution in [0, 0.1) is 24.7 Å². The summed E-state index contributed by atoms with van der Waals surface area (Å²) < 4.78 is 25.7. The second-order valence-electron chi connectivity index (χ2n) is 4.92. The van der Waals surface area contributed by atoms with Crippen molar-refractivity contribution in [2.24, 2.45) is 11.7 Å². The molecule has 1 aliphatic rings. The van der Waals surface area contributed by atoms with Gasteiger partial charge in [0, 0.05) is 12.1 Å². The van der Waals surface area contributed by atoms with E-state index in [0.29, 0.717) is 13.1 Å². The Labute approximate surface area is 114 Å². The maximum absolute atomic E-state index is 12.1. The zero-order chi connectivity index (χ0) is 14.0. The Kier molecular flexibility index (Phi) is 3.83. The van der Waals surface area contributed by atoms with E-state index in [-0.39, 0.29) is 11.7 Å². The van der Waals surface area contributed by atoms with Gasteiger partial charge in [0.1, 0.15) is 0 Å². The lowest BCUT2D eigenvalue weighted by atomic mass is 10.1. The van der Waals surface area contributed by atoms with Crippen LogP contribution in [0.1, 0.15) is 18.1 Å². The Morgan fingerprint density at radius 1 is 1.47 bits per heavy atom.